The van der Waals surface area contributed by atoms with Crippen LogP contribution in [-0.2, 0) is 0 Å². The van der Waals surface area contributed by atoms with Crippen molar-refractivity contribution < 1.29 is 15.1 Å². The van der Waals surface area contributed by atoms with E-state index in [1.807, 2.05) is 43.3 Å². The summed E-state index contributed by atoms with van der Waals surface area (Å²) in [5.74, 6) is -0.284. The maximum Gasteiger partial charge on any atom is 0.251 e. The van der Waals surface area contributed by atoms with Crippen molar-refractivity contribution >= 4 is 11.6 Å². The van der Waals surface area contributed by atoms with Crippen LogP contribution in [0.3, 0.4) is 0 Å². The Bertz CT molecular complexity index is 1060. The van der Waals surface area contributed by atoms with Crippen molar-refractivity contribution in [3.63, 3.8) is 0 Å². The fourth-order valence-electron chi connectivity index (χ4n) is 3.66. The van der Waals surface area contributed by atoms with Gasteiger partial charge in [0, 0.05) is 41.9 Å². The van der Waals surface area contributed by atoms with Gasteiger partial charge < -0.3 is 15.6 Å². The first-order valence-corrected chi connectivity index (χ1v) is 10.2. The van der Waals surface area contributed by atoms with Crippen LogP contribution >= 0.6 is 0 Å². The van der Waals surface area contributed by atoms with E-state index < -0.39 is 0 Å². The van der Waals surface area contributed by atoms with Crippen LogP contribution in [0, 0.1) is 13.8 Å². The molecule has 0 saturated carbocycles. The number of pyridine rings is 1. The minimum Gasteiger partial charge on any atom is -0.411 e. The number of aryl methyl sites for hydroxylation is 2. The second-order valence-corrected chi connectivity index (χ2v) is 7.45. The average Bonchev–Trinajstić information content (AvgIpc) is 2.79. The summed E-state index contributed by atoms with van der Waals surface area (Å²) in [4.78, 5) is 16.4. The van der Waals surface area contributed by atoms with Gasteiger partial charge in [0.2, 0.25) is 0 Å². The predicted molar refractivity (Wildman–Crippen MR) is 121 cm³/mol. The second kappa shape index (κ2) is 10.5. The molecule has 0 fully saturated rings. The molecule has 0 bridgehead atoms. The zero-order valence-electron chi connectivity index (χ0n) is 17.7. The van der Waals surface area contributed by atoms with Gasteiger partial charge in [-0.15, -0.1) is 0 Å². The molecule has 3 rings (SSSR count). The molecule has 6 heteroatoms. The van der Waals surface area contributed by atoms with Gasteiger partial charge in [-0.05, 0) is 54.8 Å². The summed E-state index contributed by atoms with van der Waals surface area (Å²) in [6, 6.07) is 19.3. The maximum absolute atomic E-state index is 12.2. The Morgan fingerprint density at radius 3 is 2.45 bits per heavy atom. The lowest BCUT2D eigenvalue weighted by Gasteiger charge is -2.21. The number of aliphatic hydroxyl groups is 1. The van der Waals surface area contributed by atoms with Crippen molar-refractivity contribution in [2.75, 3.05) is 13.2 Å². The number of nitrogens with zero attached hydrogens (tertiary/aromatic N) is 2. The molecule has 0 saturated heterocycles. The Labute approximate surface area is 182 Å². The minimum atomic E-state index is -0.224. The largest absolute Gasteiger partial charge is 0.411 e. The van der Waals surface area contributed by atoms with Gasteiger partial charge >= 0.3 is 0 Å². The lowest BCUT2D eigenvalue weighted by Crippen LogP contribution is -2.26. The third-order valence-corrected chi connectivity index (χ3v) is 5.28. The predicted octanol–water partition coefficient (Wildman–Crippen LogP) is 3.82. The Kier molecular flexibility index (Phi) is 7.51. The molecule has 0 spiro atoms. The van der Waals surface area contributed by atoms with E-state index in [0.717, 1.165) is 27.9 Å². The molecule has 1 heterocycles. The van der Waals surface area contributed by atoms with Crippen LogP contribution in [-0.4, -0.2) is 40.1 Å². The molecular formula is C25H27N3O3. The maximum atomic E-state index is 12.2. The zero-order chi connectivity index (χ0) is 22.2. The van der Waals surface area contributed by atoms with Crippen LogP contribution < -0.4 is 5.32 Å². The molecule has 0 aliphatic rings. The third kappa shape index (κ3) is 5.55. The molecule has 1 aromatic heterocycles. The number of oxime groups is 1. The van der Waals surface area contributed by atoms with E-state index in [4.69, 9.17) is 5.11 Å². The molecule has 3 aromatic rings. The first-order chi connectivity index (χ1) is 15.0. The van der Waals surface area contributed by atoms with Gasteiger partial charge in [-0.1, -0.05) is 41.6 Å². The highest BCUT2D eigenvalue weighted by atomic mass is 16.4. The molecule has 0 radical (unpaired) electrons. The number of amides is 1. The van der Waals surface area contributed by atoms with Crippen molar-refractivity contribution in [2.24, 2.45) is 5.16 Å². The van der Waals surface area contributed by atoms with E-state index in [2.05, 4.69) is 34.5 Å². The van der Waals surface area contributed by atoms with E-state index >= 15 is 0 Å². The second-order valence-electron chi connectivity index (χ2n) is 7.45. The standard InChI is InChI=1S/C25H27N3O3/c1-17-5-3-4-6-22(17)23(16-24(28-31)21-11-12-26-18(2)15-21)19-7-9-20(10-8-19)25(30)27-13-14-29/h3-12,15,23,29,31H,13-14,16H2,1-2H3,(H,27,30)/b28-24-/t23-/m1/s1. The Hall–Kier alpha value is -3.51. The fourth-order valence-corrected chi connectivity index (χ4v) is 3.66. The van der Waals surface area contributed by atoms with Gasteiger partial charge in [-0.3, -0.25) is 9.78 Å². The normalized spacial score (nSPS) is 12.4. The quantitative estimate of drug-likeness (QED) is 0.295. The van der Waals surface area contributed by atoms with Crippen LogP contribution in [0.25, 0.3) is 0 Å². The van der Waals surface area contributed by atoms with E-state index in [1.54, 1.807) is 18.3 Å². The van der Waals surface area contributed by atoms with E-state index in [0.29, 0.717) is 17.7 Å². The van der Waals surface area contributed by atoms with Gasteiger partial charge in [0.1, 0.15) is 0 Å². The smallest absolute Gasteiger partial charge is 0.251 e. The molecule has 1 atom stereocenters. The lowest BCUT2D eigenvalue weighted by molar-refractivity contribution is 0.0944. The topological polar surface area (TPSA) is 94.8 Å². The fraction of sp³-hybridized carbons (Fsp3) is 0.240. The summed E-state index contributed by atoms with van der Waals surface area (Å²) in [5, 5.41) is 24.9. The number of aromatic nitrogens is 1. The van der Waals surface area contributed by atoms with Gasteiger partial charge in [-0.25, -0.2) is 0 Å². The highest BCUT2D eigenvalue weighted by Gasteiger charge is 2.21. The average molecular weight is 418 g/mol. The van der Waals surface area contributed by atoms with Crippen molar-refractivity contribution in [1.29, 1.82) is 0 Å². The molecule has 160 valence electrons. The Morgan fingerprint density at radius 2 is 1.81 bits per heavy atom. The molecule has 0 aliphatic heterocycles. The molecule has 3 N–H and O–H groups in total. The number of aliphatic hydroxyl groups excluding tert-OH is 1. The highest BCUT2D eigenvalue weighted by Crippen LogP contribution is 2.32. The van der Waals surface area contributed by atoms with Crippen molar-refractivity contribution in [3.8, 4) is 0 Å². The van der Waals surface area contributed by atoms with Gasteiger partial charge in [0.15, 0.2) is 0 Å². The molecule has 1 amide bonds. The summed E-state index contributed by atoms with van der Waals surface area (Å²) in [6.07, 6.45) is 2.19. The highest BCUT2D eigenvalue weighted by molar-refractivity contribution is 6.01. The molecule has 6 nitrogen and oxygen atoms in total. The molecule has 0 aliphatic carbocycles. The van der Waals surface area contributed by atoms with Gasteiger partial charge in [0.05, 0.1) is 12.3 Å². The summed E-state index contributed by atoms with van der Waals surface area (Å²) in [6.45, 7) is 4.08. The van der Waals surface area contributed by atoms with Crippen LogP contribution in [0.4, 0.5) is 0 Å². The van der Waals surface area contributed by atoms with Crippen molar-refractivity contribution in [3.05, 3.63) is 100 Å². The molecular weight excluding hydrogens is 390 g/mol. The molecule has 0 unspecified atom stereocenters. The monoisotopic (exact) mass is 417 g/mol. The lowest BCUT2D eigenvalue weighted by atomic mass is 9.83. The van der Waals surface area contributed by atoms with E-state index in [-0.39, 0.29) is 25.0 Å². The number of hydrogen-bond donors (Lipinski definition) is 3. The molecule has 2 aromatic carbocycles. The summed E-state index contributed by atoms with van der Waals surface area (Å²) >= 11 is 0. The van der Waals surface area contributed by atoms with Crippen molar-refractivity contribution in [1.82, 2.24) is 10.3 Å². The number of benzene rings is 2. The zero-order valence-corrected chi connectivity index (χ0v) is 17.7. The van der Waals surface area contributed by atoms with Gasteiger partial charge in [0.25, 0.3) is 5.91 Å². The first-order valence-electron chi connectivity index (χ1n) is 10.2. The SMILES string of the molecule is Cc1cc(/C(C[C@H](c2ccc(C(=O)NCCO)cc2)c2ccccc2C)=N\O)ccn1. The number of hydrogen-bond acceptors (Lipinski definition) is 5. The summed E-state index contributed by atoms with van der Waals surface area (Å²) in [5.41, 5.74) is 6.07. The van der Waals surface area contributed by atoms with Crippen LogP contribution in [0.2, 0.25) is 0 Å². The van der Waals surface area contributed by atoms with E-state index in [1.165, 1.54) is 0 Å². The van der Waals surface area contributed by atoms with Crippen LogP contribution in [0.15, 0.2) is 72.0 Å². The van der Waals surface area contributed by atoms with Gasteiger partial charge in [-0.2, -0.15) is 0 Å². The number of rotatable bonds is 8. The van der Waals surface area contributed by atoms with Crippen molar-refractivity contribution in [2.45, 2.75) is 26.2 Å². The number of carbonyl (C=O) groups is 1. The Morgan fingerprint density at radius 1 is 1.06 bits per heavy atom. The summed E-state index contributed by atoms with van der Waals surface area (Å²) in [7, 11) is 0. The summed E-state index contributed by atoms with van der Waals surface area (Å²) < 4.78 is 0. The Balaban J connectivity index is 1.96. The minimum absolute atomic E-state index is 0.0601. The van der Waals surface area contributed by atoms with E-state index in [9.17, 15) is 10.0 Å². The molecule has 31 heavy (non-hydrogen) atoms. The number of carbonyl (C=O) groups excluding carboxylic acids is 1. The van der Waals surface area contributed by atoms with Crippen LogP contribution in [0.1, 0.15) is 50.6 Å². The first kappa shape index (κ1) is 22.2. The number of nitrogens with one attached hydrogen (secondary N) is 1. The third-order valence-electron chi connectivity index (χ3n) is 5.28. The van der Waals surface area contributed by atoms with Crippen LogP contribution in [0.5, 0.6) is 0 Å².